The number of benzene rings is 1. The smallest absolute Gasteiger partial charge is 0.220 e. The summed E-state index contributed by atoms with van der Waals surface area (Å²) in [6.45, 7) is 1.35. The van der Waals surface area contributed by atoms with E-state index in [0.717, 1.165) is 6.54 Å². The average Bonchev–Trinajstić information content (AvgIpc) is 2.86. The molecule has 1 aliphatic carbocycles. The summed E-state index contributed by atoms with van der Waals surface area (Å²) < 4.78 is 12.8. The second-order valence-corrected chi connectivity index (χ2v) is 6.42. The molecule has 0 unspecified atom stereocenters. The van der Waals surface area contributed by atoms with Gasteiger partial charge in [0.2, 0.25) is 5.91 Å². The first-order valence-electron chi connectivity index (χ1n) is 8.94. The molecule has 140 valence electrons. The molecule has 1 aromatic carbocycles. The highest BCUT2D eigenvalue weighted by atomic mass is 35.5. The normalized spacial score (nSPS) is 15.1. The molecule has 4 nitrogen and oxygen atoms in total. The van der Waals surface area contributed by atoms with Crippen molar-refractivity contribution >= 4 is 24.1 Å². The Hall–Kier alpha value is -1.46. The number of hydrogen-bond donors (Lipinski definition) is 2. The van der Waals surface area contributed by atoms with Crippen LogP contribution in [-0.4, -0.2) is 30.8 Å². The Morgan fingerprint density at radius 2 is 1.60 bits per heavy atom. The minimum Gasteiger partial charge on any atom is -0.355 e. The maximum atomic E-state index is 12.8. The third-order valence-electron chi connectivity index (χ3n) is 4.48. The van der Waals surface area contributed by atoms with E-state index in [2.05, 4.69) is 10.6 Å². The molecule has 0 atom stereocenters. The van der Waals surface area contributed by atoms with Crippen LogP contribution in [0.5, 0.6) is 0 Å². The Bertz CT molecular complexity index is 529. The number of Topliss-reactive ketones (excluding diaryl/α,β-unsaturated/α-hetero) is 1. The predicted octanol–water partition coefficient (Wildman–Crippen LogP) is 3.64. The maximum Gasteiger partial charge on any atom is 0.220 e. The van der Waals surface area contributed by atoms with E-state index in [1.54, 1.807) is 0 Å². The molecule has 1 aliphatic rings. The zero-order valence-electron chi connectivity index (χ0n) is 14.6. The van der Waals surface area contributed by atoms with Gasteiger partial charge in [-0.1, -0.05) is 25.7 Å². The number of halogens is 2. The van der Waals surface area contributed by atoms with Gasteiger partial charge in [0, 0.05) is 37.5 Å². The number of nitrogens with one attached hydrogen (secondary N) is 2. The molecule has 1 amide bonds. The minimum absolute atomic E-state index is 0. The SMILES string of the molecule is Cl.O=C(CCC(=O)c1ccc(F)cc1)NCCNC1CCCCCC1. The van der Waals surface area contributed by atoms with Gasteiger partial charge >= 0.3 is 0 Å². The Morgan fingerprint density at radius 3 is 2.24 bits per heavy atom. The molecule has 2 rings (SSSR count). The summed E-state index contributed by atoms with van der Waals surface area (Å²) in [7, 11) is 0. The second-order valence-electron chi connectivity index (χ2n) is 6.42. The van der Waals surface area contributed by atoms with E-state index in [1.165, 1.54) is 62.8 Å². The first kappa shape index (κ1) is 21.6. The third kappa shape index (κ3) is 8.45. The predicted molar refractivity (Wildman–Crippen MR) is 99.7 cm³/mol. The van der Waals surface area contributed by atoms with Gasteiger partial charge in [-0.25, -0.2) is 4.39 Å². The van der Waals surface area contributed by atoms with Gasteiger partial charge in [0.15, 0.2) is 5.78 Å². The quantitative estimate of drug-likeness (QED) is 0.417. The lowest BCUT2D eigenvalue weighted by atomic mass is 10.1. The first-order chi connectivity index (χ1) is 11.6. The molecule has 25 heavy (non-hydrogen) atoms. The molecule has 0 bridgehead atoms. The van der Waals surface area contributed by atoms with Crippen LogP contribution in [0, 0.1) is 5.82 Å². The molecule has 0 radical (unpaired) electrons. The summed E-state index contributed by atoms with van der Waals surface area (Å²) in [6.07, 6.45) is 7.99. The van der Waals surface area contributed by atoms with Crippen LogP contribution in [0.1, 0.15) is 61.7 Å². The van der Waals surface area contributed by atoms with Crippen molar-refractivity contribution < 1.29 is 14.0 Å². The van der Waals surface area contributed by atoms with Crippen LogP contribution in [0.25, 0.3) is 0 Å². The highest BCUT2D eigenvalue weighted by Gasteiger charge is 2.12. The van der Waals surface area contributed by atoms with Gasteiger partial charge in [0.1, 0.15) is 5.82 Å². The van der Waals surface area contributed by atoms with E-state index in [0.29, 0.717) is 18.2 Å². The lowest BCUT2D eigenvalue weighted by Crippen LogP contribution is -2.36. The van der Waals surface area contributed by atoms with E-state index in [1.807, 2.05) is 0 Å². The summed E-state index contributed by atoms with van der Waals surface area (Å²) in [5.74, 6) is -0.625. The minimum atomic E-state index is -0.370. The van der Waals surface area contributed by atoms with Crippen molar-refractivity contribution in [2.24, 2.45) is 0 Å². The number of ketones is 1. The molecule has 0 heterocycles. The Morgan fingerprint density at radius 1 is 0.960 bits per heavy atom. The maximum absolute atomic E-state index is 12.8. The summed E-state index contributed by atoms with van der Waals surface area (Å²) >= 11 is 0. The third-order valence-corrected chi connectivity index (χ3v) is 4.48. The van der Waals surface area contributed by atoms with Crippen molar-refractivity contribution in [3.8, 4) is 0 Å². The highest BCUT2D eigenvalue weighted by molar-refractivity contribution is 5.97. The zero-order valence-corrected chi connectivity index (χ0v) is 15.4. The van der Waals surface area contributed by atoms with Crippen LogP contribution >= 0.6 is 12.4 Å². The Kier molecular flexibility index (Phi) is 10.3. The monoisotopic (exact) mass is 370 g/mol. The highest BCUT2D eigenvalue weighted by Crippen LogP contribution is 2.16. The number of carbonyl (C=O) groups excluding carboxylic acids is 2. The van der Waals surface area contributed by atoms with Crippen LogP contribution in [0.2, 0.25) is 0 Å². The zero-order chi connectivity index (χ0) is 17.2. The molecule has 1 saturated carbocycles. The molecule has 0 saturated heterocycles. The van der Waals surface area contributed by atoms with Gasteiger partial charge in [-0.3, -0.25) is 9.59 Å². The number of carbonyl (C=O) groups is 2. The standard InChI is InChI=1S/C19H27FN2O2.ClH/c20-16-9-7-15(8-10-16)18(23)11-12-19(24)22-14-13-21-17-5-3-1-2-4-6-17;/h7-10,17,21H,1-6,11-14H2,(H,22,24);1H. The summed E-state index contributed by atoms with van der Waals surface area (Å²) in [6, 6.07) is 5.99. The molecule has 6 heteroatoms. The van der Waals surface area contributed by atoms with Crippen LogP contribution in [-0.2, 0) is 4.79 Å². The first-order valence-corrected chi connectivity index (χ1v) is 8.94. The van der Waals surface area contributed by atoms with Crippen molar-refractivity contribution in [3.05, 3.63) is 35.6 Å². The Balaban J connectivity index is 0.00000312. The summed E-state index contributed by atoms with van der Waals surface area (Å²) in [5, 5.41) is 6.34. The van der Waals surface area contributed by atoms with Crippen LogP contribution in [0.15, 0.2) is 24.3 Å². The van der Waals surface area contributed by atoms with Crippen LogP contribution in [0.4, 0.5) is 4.39 Å². The van der Waals surface area contributed by atoms with Gasteiger partial charge in [-0.15, -0.1) is 12.4 Å². The molecule has 0 aliphatic heterocycles. The van der Waals surface area contributed by atoms with Gasteiger partial charge in [-0.2, -0.15) is 0 Å². The van der Waals surface area contributed by atoms with Crippen LogP contribution < -0.4 is 10.6 Å². The number of rotatable bonds is 8. The van der Waals surface area contributed by atoms with E-state index < -0.39 is 0 Å². The average molecular weight is 371 g/mol. The molecule has 2 N–H and O–H groups in total. The van der Waals surface area contributed by atoms with Crippen molar-refractivity contribution in [2.45, 2.75) is 57.4 Å². The number of hydrogen-bond acceptors (Lipinski definition) is 3. The van der Waals surface area contributed by atoms with Crippen molar-refractivity contribution in [3.63, 3.8) is 0 Å². The topological polar surface area (TPSA) is 58.2 Å². The summed E-state index contributed by atoms with van der Waals surface area (Å²) in [4.78, 5) is 23.7. The van der Waals surface area contributed by atoms with Gasteiger partial charge in [0.25, 0.3) is 0 Å². The molecular formula is C19H28ClFN2O2. The lowest BCUT2D eigenvalue weighted by Gasteiger charge is -2.16. The van der Waals surface area contributed by atoms with Gasteiger partial charge in [0.05, 0.1) is 0 Å². The van der Waals surface area contributed by atoms with E-state index in [4.69, 9.17) is 0 Å². The molecule has 0 spiro atoms. The van der Waals surface area contributed by atoms with Crippen molar-refractivity contribution in [1.82, 2.24) is 10.6 Å². The fourth-order valence-corrected chi connectivity index (χ4v) is 3.06. The number of amides is 1. The largest absolute Gasteiger partial charge is 0.355 e. The van der Waals surface area contributed by atoms with Crippen molar-refractivity contribution in [1.29, 1.82) is 0 Å². The van der Waals surface area contributed by atoms with Gasteiger partial charge in [-0.05, 0) is 37.1 Å². The van der Waals surface area contributed by atoms with E-state index in [-0.39, 0.29) is 42.8 Å². The summed E-state index contributed by atoms with van der Waals surface area (Å²) in [5.41, 5.74) is 0.444. The van der Waals surface area contributed by atoms with Crippen molar-refractivity contribution in [2.75, 3.05) is 13.1 Å². The Labute approximate surface area is 155 Å². The second kappa shape index (κ2) is 12.0. The fraction of sp³-hybridized carbons (Fsp3) is 0.579. The molecule has 1 aromatic rings. The lowest BCUT2D eigenvalue weighted by molar-refractivity contribution is -0.121. The molecule has 1 fully saturated rings. The van der Waals surface area contributed by atoms with Gasteiger partial charge < -0.3 is 10.6 Å². The van der Waals surface area contributed by atoms with E-state index in [9.17, 15) is 14.0 Å². The van der Waals surface area contributed by atoms with E-state index >= 15 is 0 Å². The fourth-order valence-electron chi connectivity index (χ4n) is 3.06. The molecule has 0 aromatic heterocycles. The van der Waals surface area contributed by atoms with Crippen LogP contribution in [0.3, 0.4) is 0 Å². The molecular weight excluding hydrogens is 343 g/mol.